The van der Waals surface area contributed by atoms with Crippen molar-refractivity contribution in [1.82, 2.24) is 5.32 Å². The van der Waals surface area contributed by atoms with Gasteiger partial charge in [-0.15, -0.1) is 0 Å². The second kappa shape index (κ2) is 5.55. The van der Waals surface area contributed by atoms with Gasteiger partial charge in [0.1, 0.15) is 0 Å². The summed E-state index contributed by atoms with van der Waals surface area (Å²) in [7, 11) is 2.03. The summed E-state index contributed by atoms with van der Waals surface area (Å²) in [5.41, 5.74) is 0. The molecule has 1 aliphatic carbocycles. The van der Waals surface area contributed by atoms with Gasteiger partial charge in [-0.1, -0.05) is 12.8 Å². The summed E-state index contributed by atoms with van der Waals surface area (Å²) in [4.78, 5) is 0. The molecule has 0 spiro atoms. The first-order chi connectivity index (χ1) is 5.86. The third-order valence-electron chi connectivity index (χ3n) is 3.00. The van der Waals surface area contributed by atoms with Crippen molar-refractivity contribution in [1.29, 1.82) is 0 Å². The smallest absolute Gasteiger partial charge is 0.0433 e. The van der Waals surface area contributed by atoms with Crippen molar-refractivity contribution in [2.45, 2.75) is 32.1 Å². The molecule has 12 heavy (non-hydrogen) atoms. The molecule has 0 bridgehead atoms. The molecule has 2 heteroatoms. The molecule has 1 aliphatic rings. The van der Waals surface area contributed by atoms with Gasteiger partial charge < -0.3 is 10.4 Å². The van der Waals surface area contributed by atoms with Crippen LogP contribution in [-0.4, -0.2) is 25.3 Å². The predicted molar refractivity (Wildman–Crippen MR) is 51.1 cm³/mol. The molecule has 1 rings (SSSR count). The van der Waals surface area contributed by atoms with E-state index in [4.69, 9.17) is 5.11 Å². The second-order valence-corrected chi connectivity index (χ2v) is 3.96. The highest BCUT2D eigenvalue weighted by Gasteiger charge is 2.19. The Morgan fingerprint density at radius 3 is 2.25 bits per heavy atom. The zero-order chi connectivity index (χ0) is 8.81. The van der Waals surface area contributed by atoms with Gasteiger partial charge in [0.15, 0.2) is 0 Å². The van der Waals surface area contributed by atoms with E-state index in [1.807, 2.05) is 7.05 Å². The van der Waals surface area contributed by atoms with Gasteiger partial charge in [0.05, 0.1) is 0 Å². The van der Waals surface area contributed by atoms with Crippen molar-refractivity contribution >= 4 is 0 Å². The molecule has 0 aromatic carbocycles. The average molecular weight is 171 g/mol. The minimum atomic E-state index is 0.376. The minimum Gasteiger partial charge on any atom is -0.396 e. The number of nitrogens with one attached hydrogen (secondary N) is 1. The van der Waals surface area contributed by atoms with Crippen LogP contribution in [0.5, 0.6) is 0 Å². The standard InChI is InChI=1S/C10H21NO/c1-11-8-10-4-2-9(3-5-10)6-7-12/h9-12H,2-8H2,1H3. The van der Waals surface area contributed by atoms with Crippen LogP contribution in [-0.2, 0) is 0 Å². The molecule has 1 saturated carbocycles. The first-order valence-corrected chi connectivity index (χ1v) is 5.12. The average Bonchev–Trinajstić information content (AvgIpc) is 2.09. The number of aliphatic hydroxyl groups excluding tert-OH is 1. The lowest BCUT2D eigenvalue weighted by Crippen LogP contribution is -2.24. The molecule has 0 aromatic heterocycles. The van der Waals surface area contributed by atoms with Crippen LogP contribution >= 0.6 is 0 Å². The van der Waals surface area contributed by atoms with E-state index in [2.05, 4.69) is 5.32 Å². The summed E-state index contributed by atoms with van der Waals surface area (Å²) in [6.45, 7) is 1.55. The summed E-state index contributed by atoms with van der Waals surface area (Å²) in [6, 6.07) is 0. The van der Waals surface area contributed by atoms with Crippen LogP contribution in [0.25, 0.3) is 0 Å². The van der Waals surface area contributed by atoms with E-state index in [-0.39, 0.29) is 0 Å². The Labute approximate surface area is 75.4 Å². The lowest BCUT2D eigenvalue weighted by atomic mass is 9.81. The first kappa shape index (κ1) is 10.0. The quantitative estimate of drug-likeness (QED) is 0.670. The highest BCUT2D eigenvalue weighted by molar-refractivity contribution is 4.73. The van der Waals surface area contributed by atoms with Crippen molar-refractivity contribution in [3.05, 3.63) is 0 Å². The lowest BCUT2D eigenvalue weighted by molar-refractivity contribution is 0.205. The zero-order valence-electron chi connectivity index (χ0n) is 8.05. The van der Waals surface area contributed by atoms with E-state index in [1.165, 1.54) is 32.2 Å². The minimum absolute atomic E-state index is 0.376. The highest BCUT2D eigenvalue weighted by atomic mass is 16.3. The fraction of sp³-hybridized carbons (Fsp3) is 1.00. The maximum Gasteiger partial charge on any atom is 0.0433 e. The van der Waals surface area contributed by atoms with E-state index in [0.29, 0.717) is 6.61 Å². The van der Waals surface area contributed by atoms with Crippen LogP contribution in [0.1, 0.15) is 32.1 Å². The van der Waals surface area contributed by atoms with Crippen LogP contribution in [0, 0.1) is 11.8 Å². The predicted octanol–water partition coefficient (Wildman–Crippen LogP) is 1.39. The Morgan fingerprint density at radius 2 is 1.75 bits per heavy atom. The van der Waals surface area contributed by atoms with Gasteiger partial charge in [-0.05, 0) is 44.7 Å². The van der Waals surface area contributed by atoms with Gasteiger partial charge in [0, 0.05) is 6.61 Å². The number of rotatable bonds is 4. The van der Waals surface area contributed by atoms with E-state index < -0.39 is 0 Å². The van der Waals surface area contributed by atoms with E-state index in [9.17, 15) is 0 Å². The van der Waals surface area contributed by atoms with Crippen LogP contribution < -0.4 is 5.32 Å². The SMILES string of the molecule is CNCC1CCC(CCO)CC1. The third kappa shape index (κ3) is 3.11. The normalized spacial score (nSPS) is 30.5. The summed E-state index contributed by atoms with van der Waals surface area (Å²) >= 11 is 0. The molecule has 0 saturated heterocycles. The Hall–Kier alpha value is -0.0800. The molecule has 0 unspecified atom stereocenters. The van der Waals surface area contributed by atoms with E-state index in [0.717, 1.165) is 18.3 Å². The van der Waals surface area contributed by atoms with Crippen LogP contribution in [0.4, 0.5) is 0 Å². The van der Waals surface area contributed by atoms with Gasteiger partial charge in [-0.3, -0.25) is 0 Å². The molecular weight excluding hydrogens is 150 g/mol. The fourth-order valence-electron chi connectivity index (χ4n) is 2.20. The number of hydrogen-bond donors (Lipinski definition) is 2. The molecule has 0 amide bonds. The van der Waals surface area contributed by atoms with E-state index >= 15 is 0 Å². The summed E-state index contributed by atoms with van der Waals surface area (Å²) in [5.74, 6) is 1.70. The maximum atomic E-state index is 8.78. The van der Waals surface area contributed by atoms with Crippen molar-refractivity contribution < 1.29 is 5.11 Å². The van der Waals surface area contributed by atoms with Crippen molar-refractivity contribution in [3.8, 4) is 0 Å². The molecule has 1 fully saturated rings. The molecule has 2 nitrogen and oxygen atoms in total. The van der Waals surface area contributed by atoms with Gasteiger partial charge >= 0.3 is 0 Å². The topological polar surface area (TPSA) is 32.3 Å². The molecule has 0 heterocycles. The second-order valence-electron chi connectivity index (χ2n) is 3.96. The Morgan fingerprint density at radius 1 is 1.17 bits per heavy atom. The molecule has 2 N–H and O–H groups in total. The van der Waals surface area contributed by atoms with Crippen LogP contribution in [0.15, 0.2) is 0 Å². The largest absolute Gasteiger partial charge is 0.396 e. The van der Waals surface area contributed by atoms with E-state index in [1.54, 1.807) is 0 Å². The highest BCUT2D eigenvalue weighted by Crippen LogP contribution is 2.29. The molecule has 0 aliphatic heterocycles. The van der Waals surface area contributed by atoms with Gasteiger partial charge in [0.25, 0.3) is 0 Å². The van der Waals surface area contributed by atoms with Gasteiger partial charge in [-0.2, -0.15) is 0 Å². The Bertz CT molecular complexity index is 94.4. The molecule has 0 aromatic rings. The summed E-state index contributed by atoms with van der Waals surface area (Å²) in [5, 5.41) is 12.0. The summed E-state index contributed by atoms with van der Waals surface area (Å²) in [6.07, 6.45) is 6.38. The maximum absolute atomic E-state index is 8.78. The fourth-order valence-corrected chi connectivity index (χ4v) is 2.20. The van der Waals surface area contributed by atoms with Crippen LogP contribution in [0.3, 0.4) is 0 Å². The molecule has 0 atom stereocenters. The summed E-state index contributed by atoms with van der Waals surface area (Å²) < 4.78 is 0. The monoisotopic (exact) mass is 171 g/mol. The third-order valence-corrected chi connectivity index (χ3v) is 3.00. The Balaban J connectivity index is 2.11. The van der Waals surface area contributed by atoms with Crippen molar-refractivity contribution in [3.63, 3.8) is 0 Å². The Kier molecular flexibility index (Phi) is 4.62. The van der Waals surface area contributed by atoms with Crippen molar-refractivity contribution in [2.24, 2.45) is 11.8 Å². The molecular formula is C10H21NO. The zero-order valence-corrected chi connectivity index (χ0v) is 8.05. The number of aliphatic hydroxyl groups is 1. The van der Waals surface area contributed by atoms with Gasteiger partial charge in [0.2, 0.25) is 0 Å². The van der Waals surface area contributed by atoms with Crippen molar-refractivity contribution in [2.75, 3.05) is 20.2 Å². The van der Waals surface area contributed by atoms with Crippen LogP contribution in [0.2, 0.25) is 0 Å². The lowest BCUT2D eigenvalue weighted by Gasteiger charge is -2.27. The van der Waals surface area contributed by atoms with Gasteiger partial charge in [-0.25, -0.2) is 0 Å². The molecule has 0 radical (unpaired) electrons. The molecule has 72 valence electrons. The number of hydrogen-bond acceptors (Lipinski definition) is 2. The first-order valence-electron chi connectivity index (χ1n) is 5.12.